The maximum Gasteiger partial charge on any atom is 0.0951 e. The number of hydrogen-bond donors (Lipinski definition) is 1. The van der Waals surface area contributed by atoms with E-state index in [9.17, 15) is 0 Å². The standard InChI is InChI=1S/C16H21N3O/c1-19(11-12-6-9-20-10-7-12)15-5-8-18-16-13(15)3-2-4-14(16)17/h2-5,8,12H,6-7,9-11,17H2,1H3. The number of fused-ring (bicyclic) bond motifs is 1. The Morgan fingerprint density at radius 1 is 1.30 bits per heavy atom. The summed E-state index contributed by atoms with van der Waals surface area (Å²) in [7, 11) is 2.15. The second-order valence-electron chi connectivity index (χ2n) is 5.51. The summed E-state index contributed by atoms with van der Waals surface area (Å²) >= 11 is 0. The Bertz CT molecular complexity index is 593. The van der Waals surface area contributed by atoms with Gasteiger partial charge in [0, 0.05) is 44.1 Å². The zero-order valence-corrected chi connectivity index (χ0v) is 11.9. The lowest BCUT2D eigenvalue weighted by atomic mass is 9.99. The fraction of sp³-hybridized carbons (Fsp3) is 0.438. The van der Waals surface area contributed by atoms with Gasteiger partial charge >= 0.3 is 0 Å². The molecule has 1 aliphatic rings. The summed E-state index contributed by atoms with van der Waals surface area (Å²) in [5, 5.41) is 1.13. The minimum absolute atomic E-state index is 0.707. The maximum absolute atomic E-state index is 6.01. The molecule has 0 saturated carbocycles. The van der Waals surface area contributed by atoms with Gasteiger partial charge in [0.2, 0.25) is 0 Å². The quantitative estimate of drug-likeness (QED) is 0.872. The van der Waals surface area contributed by atoms with Crippen LogP contribution in [-0.2, 0) is 4.74 Å². The van der Waals surface area contributed by atoms with Crippen molar-refractivity contribution in [2.75, 3.05) is 37.4 Å². The van der Waals surface area contributed by atoms with Crippen molar-refractivity contribution in [2.24, 2.45) is 5.92 Å². The fourth-order valence-electron chi connectivity index (χ4n) is 2.93. The molecule has 0 spiro atoms. The SMILES string of the molecule is CN(CC1CCOCC1)c1ccnc2c(N)cccc12. The molecule has 1 aromatic carbocycles. The molecule has 2 heterocycles. The zero-order chi connectivity index (χ0) is 13.9. The van der Waals surface area contributed by atoms with Crippen molar-refractivity contribution in [3.63, 3.8) is 0 Å². The summed E-state index contributed by atoms with van der Waals surface area (Å²) in [6.45, 7) is 2.84. The van der Waals surface area contributed by atoms with Crippen molar-refractivity contribution in [2.45, 2.75) is 12.8 Å². The highest BCUT2D eigenvalue weighted by molar-refractivity contribution is 5.97. The summed E-state index contributed by atoms with van der Waals surface area (Å²) in [6, 6.07) is 8.05. The summed E-state index contributed by atoms with van der Waals surface area (Å²) in [6.07, 6.45) is 4.14. The first-order valence-electron chi connectivity index (χ1n) is 7.18. The van der Waals surface area contributed by atoms with Gasteiger partial charge in [0.15, 0.2) is 0 Å². The first-order chi connectivity index (χ1) is 9.75. The normalized spacial score (nSPS) is 16.4. The van der Waals surface area contributed by atoms with Gasteiger partial charge in [-0.05, 0) is 30.9 Å². The molecule has 0 unspecified atom stereocenters. The summed E-state index contributed by atoms with van der Waals surface area (Å²) in [4.78, 5) is 6.72. The first-order valence-corrected chi connectivity index (χ1v) is 7.18. The van der Waals surface area contributed by atoms with E-state index in [2.05, 4.69) is 29.1 Å². The van der Waals surface area contributed by atoms with E-state index in [-0.39, 0.29) is 0 Å². The molecule has 0 aliphatic carbocycles. The Labute approximate surface area is 119 Å². The third-order valence-corrected chi connectivity index (χ3v) is 4.06. The number of ether oxygens (including phenoxy) is 1. The Morgan fingerprint density at radius 2 is 2.10 bits per heavy atom. The van der Waals surface area contributed by atoms with Crippen LogP contribution in [0, 0.1) is 5.92 Å². The van der Waals surface area contributed by atoms with Crippen LogP contribution in [0.25, 0.3) is 10.9 Å². The predicted octanol–water partition coefficient (Wildman–Crippen LogP) is 2.68. The number of hydrogen-bond acceptors (Lipinski definition) is 4. The van der Waals surface area contributed by atoms with Gasteiger partial charge in [0.05, 0.1) is 11.2 Å². The van der Waals surface area contributed by atoms with Crippen LogP contribution in [0.5, 0.6) is 0 Å². The number of nitrogens with zero attached hydrogens (tertiary/aromatic N) is 2. The average molecular weight is 271 g/mol. The highest BCUT2D eigenvalue weighted by Crippen LogP contribution is 2.29. The number of nitrogen functional groups attached to an aromatic ring is 1. The Hall–Kier alpha value is -1.81. The van der Waals surface area contributed by atoms with Crippen LogP contribution in [0.4, 0.5) is 11.4 Å². The maximum atomic E-state index is 6.01. The van der Waals surface area contributed by atoms with Crippen LogP contribution in [0.1, 0.15) is 12.8 Å². The molecule has 0 radical (unpaired) electrons. The molecule has 20 heavy (non-hydrogen) atoms. The number of benzene rings is 1. The average Bonchev–Trinajstić information content (AvgIpc) is 2.48. The fourth-order valence-corrected chi connectivity index (χ4v) is 2.93. The highest BCUT2D eigenvalue weighted by Gasteiger charge is 2.17. The van der Waals surface area contributed by atoms with Gasteiger partial charge in [0.25, 0.3) is 0 Å². The molecule has 2 aromatic rings. The van der Waals surface area contributed by atoms with Crippen molar-refractivity contribution >= 4 is 22.3 Å². The predicted molar refractivity (Wildman–Crippen MR) is 83.0 cm³/mol. The molecule has 1 aliphatic heterocycles. The smallest absolute Gasteiger partial charge is 0.0951 e. The summed E-state index contributed by atoms with van der Waals surface area (Å²) < 4.78 is 5.43. The summed E-state index contributed by atoms with van der Waals surface area (Å²) in [5.41, 5.74) is 8.85. The first kappa shape index (κ1) is 13.2. The van der Waals surface area contributed by atoms with Crippen LogP contribution in [-0.4, -0.2) is 31.8 Å². The van der Waals surface area contributed by atoms with E-state index in [4.69, 9.17) is 10.5 Å². The van der Waals surface area contributed by atoms with Crippen molar-refractivity contribution in [1.82, 2.24) is 4.98 Å². The molecule has 1 fully saturated rings. The molecule has 4 heteroatoms. The monoisotopic (exact) mass is 271 g/mol. The molecule has 4 nitrogen and oxygen atoms in total. The van der Waals surface area contributed by atoms with Gasteiger partial charge in [-0.2, -0.15) is 0 Å². The van der Waals surface area contributed by atoms with E-state index in [1.165, 1.54) is 5.69 Å². The third kappa shape index (κ3) is 2.56. The van der Waals surface area contributed by atoms with Crippen LogP contribution in [0.15, 0.2) is 30.5 Å². The lowest BCUT2D eigenvalue weighted by Gasteiger charge is -2.29. The van der Waals surface area contributed by atoms with Crippen LogP contribution >= 0.6 is 0 Å². The van der Waals surface area contributed by atoms with Gasteiger partial charge in [-0.15, -0.1) is 0 Å². The largest absolute Gasteiger partial charge is 0.397 e. The van der Waals surface area contributed by atoms with Gasteiger partial charge in [0.1, 0.15) is 0 Å². The zero-order valence-electron chi connectivity index (χ0n) is 11.9. The number of anilines is 2. The molecule has 3 rings (SSSR count). The Kier molecular flexibility index (Phi) is 3.74. The van der Waals surface area contributed by atoms with Gasteiger partial charge in [-0.1, -0.05) is 12.1 Å². The topological polar surface area (TPSA) is 51.4 Å². The van der Waals surface area contributed by atoms with Crippen molar-refractivity contribution < 1.29 is 4.74 Å². The van der Waals surface area contributed by atoms with Gasteiger partial charge < -0.3 is 15.4 Å². The van der Waals surface area contributed by atoms with Crippen LogP contribution < -0.4 is 10.6 Å². The van der Waals surface area contributed by atoms with E-state index in [0.29, 0.717) is 5.92 Å². The molecule has 2 N–H and O–H groups in total. The Morgan fingerprint density at radius 3 is 2.90 bits per heavy atom. The third-order valence-electron chi connectivity index (χ3n) is 4.06. The molecular weight excluding hydrogens is 250 g/mol. The number of para-hydroxylation sites is 1. The van der Waals surface area contributed by atoms with E-state index < -0.39 is 0 Å². The number of aromatic nitrogens is 1. The number of rotatable bonds is 3. The second kappa shape index (κ2) is 5.67. The molecule has 0 amide bonds. The molecule has 1 aromatic heterocycles. The minimum Gasteiger partial charge on any atom is -0.397 e. The number of nitrogens with two attached hydrogens (primary N) is 1. The van der Waals surface area contributed by atoms with E-state index in [0.717, 1.165) is 49.2 Å². The summed E-state index contributed by atoms with van der Waals surface area (Å²) in [5.74, 6) is 0.707. The Balaban J connectivity index is 1.87. The van der Waals surface area contributed by atoms with Crippen LogP contribution in [0.3, 0.4) is 0 Å². The highest BCUT2D eigenvalue weighted by atomic mass is 16.5. The van der Waals surface area contributed by atoms with Crippen molar-refractivity contribution in [1.29, 1.82) is 0 Å². The molecule has 106 valence electrons. The minimum atomic E-state index is 0.707. The van der Waals surface area contributed by atoms with E-state index in [1.54, 1.807) is 0 Å². The van der Waals surface area contributed by atoms with Gasteiger partial charge in [-0.25, -0.2) is 0 Å². The molecule has 1 saturated heterocycles. The molecular formula is C16H21N3O. The van der Waals surface area contributed by atoms with Crippen molar-refractivity contribution in [3.8, 4) is 0 Å². The lowest BCUT2D eigenvalue weighted by Crippen LogP contribution is -2.29. The van der Waals surface area contributed by atoms with Crippen LogP contribution in [0.2, 0.25) is 0 Å². The molecule has 0 bridgehead atoms. The van der Waals surface area contributed by atoms with E-state index in [1.807, 2.05) is 18.3 Å². The molecule has 0 atom stereocenters. The number of pyridine rings is 1. The van der Waals surface area contributed by atoms with Gasteiger partial charge in [-0.3, -0.25) is 4.98 Å². The second-order valence-corrected chi connectivity index (χ2v) is 5.51. The lowest BCUT2D eigenvalue weighted by molar-refractivity contribution is 0.0685. The van der Waals surface area contributed by atoms with E-state index >= 15 is 0 Å². The van der Waals surface area contributed by atoms with Crippen molar-refractivity contribution in [3.05, 3.63) is 30.5 Å².